The number of likely N-dealkylation sites (tertiary alicyclic amines) is 1. The molecule has 3 nitrogen and oxygen atoms in total. The molecule has 2 aliphatic heterocycles. The van der Waals surface area contributed by atoms with E-state index in [9.17, 15) is 0 Å². The Morgan fingerprint density at radius 2 is 1.43 bits per heavy atom. The maximum absolute atomic E-state index is 2.73. The number of nitrogens with zero attached hydrogens (tertiary/aromatic N) is 3. The number of piperazine rings is 1. The molecule has 0 aromatic heterocycles. The van der Waals surface area contributed by atoms with Gasteiger partial charge in [0.15, 0.2) is 0 Å². The third kappa shape index (κ3) is 4.67. The lowest BCUT2D eigenvalue weighted by Crippen LogP contribution is -2.53. The van der Waals surface area contributed by atoms with Crippen molar-refractivity contribution in [2.75, 3.05) is 45.8 Å². The van der Waals surface area contributed by atoms with Gasteiger partial charge in [-0.3, -0.25) is 4.90 Å². The van der Waals surface area contributed by atoms with Crippen LogP contribution >= 0.6 is 0 Å². The lowest BCUT2D eigenvalue weighted by atomic mass is 9.79. The van der Waals surface area contributed by atoms with Crippen LogP contribution in [0.2, 0.25) is 0 Å². The van der Waals surface area contributed by atoms with Gasteiger partial charge in [0.1, 0.15) is 0 Å². The highest BCUT2D eigenvalue weighted by atomic mass is 15.3. The van der Waals surface area contributed by atoms with Gasteiger partial charge in [-0.05, 0) is 58.5 Å². The molecule has 2 saturated heterocycles. The second-order valence-corrected chi connectivity index (χ2v) is 8.01. The van der Waals surface area contributed by atoms with E-state index in [0.717, 1.165) is 6.04 Å². The van der Waals surface area contributed by atoms with Crippen molar-refractivity contribution in [1.82, 2.24) is 14.7 Å². The van der Waals surface area contributed by atoms with Crippen molar-refractivity contribution < 1.29 is 0 Å². The van der Waals surface area contributed by atoms with Crippen LogP contribution in [0.25, 0.3) is 0 Å². The van der Waals surface area contributed by atoms with E-state index in [4.69, 9.17) is 0 Å². The van der Waals surface area contributed by atoms with Crippen molar-refractivity contribution in [3.05, 3.63) is 0 Å². The minimum absolute atomic E-state index is 0.546. The maximum atomic E-state index is 2.73. The Hall–Kier alpha value is -0.120. The summed E-state index contributed by atoms with van der Waals surface area (Å²) in [5, 5.41) is 0. The van der Waals surface area contributed by atoms with Gasteiger partial charge < -0.3 is 9.80 Å². The number of hydrogen-bond donors (Lipinski definition) is 0. The van der Waals surface area contributed by atoms with E-state index in [1.165, 1.54) is 65.1 Å². The summed E-state index contributed by atoms with van der Waals surface area (Å²) >= 11 is 0. The van der Waals surface area contributed by atoms with Crippen LogP contribution in [-0.2, 0) is 0 Å². The highest BCUT2D eigenvalue weighted by molar-refractivity contribution is 4.87. The first-order valence-electron chi connectivity index (χ1n) is 9.14. The van der Waals surface area contributed by atoms with E-state index in [2.05, 4.69) is 49.3 Å². The minimum atomic E-state index is 0.546. The first kappa shape index (κ1) is 17.2. The molecule has 3 heteroatoms. The summed E-state index contributed by atoms with van der Waals surface area (Å²) in [5.41, 5.74) is 0.546. The summed E-state index contributed by atoms with van der Waals surface area (Å²) in [6.07, 6.45) is 4.02. The first-order valence-corrected chi connectivity index (χ1v) is 9.14. The van der Waals surface area contributed by atoms with Crippen molar-refractivity contribution in [1.29, 1.82) is 0 Å². The van der Waals surface area contributed by atoms with Crippen LogP contribution in [0.15, 0.2) is 0 Å². The summed E-state index contributed by atoms with van der Waals surface area (Å²) in [4.78, 5) is 8.03. The third-order valence-electron chi connectivity index (χ3n) is 5.96. The molecule has 0 aromatic rings. The molecule has 0 amide bonds. The zero-order valence-corrected chi connectivity index (χ0v) is 15.1. The summed E-state index contributed by atoms with van der Waals surface area (Å²) < 4.78 is 0. The topological polar surface area (TPSA) is 9.72 Å². The van der Waals surface area contributed by atoms with Gasteiger partial charge in [0.2, 0.25) is 0 Å². The zero-order chi connectivity index (χ0) is 15.5. The van der Waals surface area contributed by atoms with Gasteiger partial charge in [-0.25, -0.2) is 0 Å². The highest BCUT2D eigenvalue weighted by Crippen LogP contribution is 2.32. The maximum Gasteiger partial charge on any atom is 0.0113 e. The molecular formula is C18H37N3. The molecule has 1 atom stereocenters. The summed E-state index contributed by atoms with van der Waals surface area (Å²) in [5.74, 6) is 0. The summed E-state index contributed by atoms with van der Waals surface area (Å²) in [6.45, 7) is 20.8. The first-order chi connectivity index (χ1) is 9.93. The average Bonchev–Trinajstić information content (AvgIpc) is 2.47. The van der Waals surface area contributed by atoms with E-state index < -0.39 is 0 Å². The average molecular weight is 296 g/mol. The largest absolute Gasteiger partial charge is 0.301 e. The molecule has 0 radical (unpaired) electrons. The fourth-order valence-corrected chi connectivity index (χ4v) is 3.90. The molecule has 124 valence electrons. The Balaban J connectivity index is 1.76. The summed E-state index contributed by atoms with van der Waals surface area (Å²) in [7, 11) is 0. The fourth-order valence-electron chi connectivity index (χ4n) is 3.90. The molecule has 21 heavy (non-hydrogen) atoms. The van der Waals surface area contributed by atoms with Crippen molar-refractivity contribution in [3.63, 3.8) is 0 Å². The number of piperidine rings is 1. The molecular weight excluding hydrogens is 258 g/mol. The molecule has 2 rings (SSSR count). The van der Waals surface area contributed by atoms with E-state index in [-0.39, 0.29) is 0 Å². The van der Waals surface area contributed by atoms with Crippen LogP contribution in [0, 0.1) is 5.41 Å². The Labute approximate surface area is 132 Å². The van der Waals surface area contributed by atoms with Crippen LogP contribution < -0.4 is 0 Å². The molecule has 1 unspecified atom stereocenters. The van der Waals surface area contributed by atoms with Crippen molar-refractivity contribution in [2.45, 2.75) is 66.0 Å². The van der Waals surface area contributed by atoms with Gasteiger partial charge >= 0.3 is 0 Å². The van der Waals surface area contributed by atoms with E-state index in [0.29, 0.717) is 11.5 Å². The predicted octanol–water partition coefficient (Wildman–Crippen LogP) is 2.91. The van der Waals surface area contributed by atoms with Crippen LogP contribution in [0.5, 0.6) is 0 Å². The van der Waals surface area contributed by atoms with Crippen LogP contribution in [0.3, 0.4) is 0 Å². The van der Waals surface area contributed by atoms with Crippen molar-refractivity contribution in [2.24, 2.45) is 5.41 Å². The smallest absolute Gasteiger partial charge is 0.0113 e. The van der Waals surface area contributed by atoms with E-state index >= 15 is 0 Å². The number of rotatable bonds is 5. The highest BCUT2D eigenvalue weighted by Gasteiger charge is 2.33. The molecule has 0 bridgehead atoms. The molecule has 2 aliphatic rings. The Kier molecular flexibility index (Phi) is 6.10. The second kappa shape index (κ2) is 7.43. The summed E-state index contributed by atoms with van der Waals surface area (Å²) in [6, 6.07) is 1.48. The van der Waals surface area contributed by atoms with E-state index in [1.807, 2.05) is 0 Å². The van der Waals surface area contributed by atoms with Gasteiger partial charge in [0.05, 0.1) is 0 Å². The van der Waals surface area contributed by atoms with Gasteiger partial charge in [0, 0.05) is 44.8 Å². The van der Waals surface area contributed by atoms with Crippen molar-refractivity contribution in [3.8, 4) is 0 Å². The molecule has 0 spiro atoms. The van der Waals surface area contributed by atoms with Gasteiger partial charge in [-0.15, -0.1) is 0 Å². The quantitative estimate of drug-likeness (QED) is 0.772. The Morgan fingerprint density at radius 3 is 1.90 bits per heavy atom. The minimum Gasteiger partial charge on any atom is -0.301 e. The van der Waals surface area contributed by atoms with Gasteiger partial charge in [0.25, 0.3) is 0 Å². The normalized spacial score (nSPS) is 27.1. The van der Waals surface area contributed by atoms with Crippen LogP contribution in [0.1, 0.15) is 53.9 Å². The zero-order valence-electron chi connectivity index (χ0n) is 15.1. The second-order valence-electron chi connectivity index (χ2n) is 8.01. The van der Waals surface area contributed by atoms with Gasteiger partial charge in [-0.2, -0.15) is 0 Å². The lowest BCUT2D eigenvalue weighted by Gasteiger charge is -2.46. The third-order valence-corrected chi connectivity index (χ3v) is 5.96. The molecule has 0 aromatic carbocycles. The van der Waals surface area contributed by atoms with E-state index in [1.54, 1.807) is 0 Å². The van der Waals surface area contributed by atoms with Gasteiger partial charge in [-0.1, -0.05) is 13.8 Å². The SMILES string of the molecule is CCC(C)N1CCN(CC2(C)CCN(C(C)C)CC2)CC1. The molecule has 0 saturated carbocycles. The van der Waals surface area contributed by atoms with Crippen molar-refractivity contribution >= 4 is 0 Å². The Bertz CT molecular complexity index is 300. The van der Waals surface area contributed by atoms with Crippen LogP contribution in [0.4, 0.5) is 0 Å². The fraction of sp³-hybridized carbons (Fsp3) is 1.00. The molecule has 0 N–H and O–H groups in total. The molecule has 2 heterocycles. The Morgan fingerprint density at radius 1 is 0.857 bits per heavy atom. The lowest BCUT2D eigenvalue weighted by molar-refractivity contribution is 0.0329. The standard InChI is InChI=1S/C18H37N3/c1-6-17(4)21-13-11-19(12-14-21)15-18(5)7-9-20(10-8-18)16(2)3/h16-17H,6-15H2,1-5H3. The monoisotopic (exact) mass is 295 g/mol. The van der Waals surface area contributed by atoms with Crippen LogP contribution in [-0.4, -0.2) is 72.6 Å². The predicted molar refractivity (Wildman–Crippen MR) is 91.8 cm³/mol. The molecule has 2 fully saturated rings. The number of hydrogen-bond acceptors (Lipinski definition) is 3. The molecule has 0 aliphatic carbocycles.